The lowest BCUT2D eigenvalue weighted by molar-refractivity contribution is -0.118. The van der Waals surface area contributed by atoms with Gasteiger partial charge >= 0.3 is 0 Å². The summed E-state index contributed by atoms with van der Waals surface area (Å²) in [7, 11) is 0. The number of nitrogens with one attached hydrogen (secondary N) is 1. The first-order valence-electron chi connectivity index (χ1n) is 8.27. The minimum Gasteiger partial charge on any atom is -0.344 e. The number of amides is 1. The van der Waals surface area contributed by atoms with Gasteiger partial charge < -0.3 is 5.32 Å². The third-order valence-electron chi connectivity index (χ3n) is 4.46. The molecule has 0 radical (unpaired) electrons. The molecule has 0 aliphatic heterocycles. The van der Waals surface area contributed by atoms with Crippen molar-refractivity contribution in [2.45, 2.75) is 25.3 Å². The SMILES string of the molecule is N#C/C(=C\c1cccc(F)n1)C(=O)N[C@H](c1ccccc1)C1CCC1. The van der Waals surface area contributed by atoms with Gasteiger partial charge in [-0.1, -0.05) is 42.8 Å². The van der Waals surface area contributed by atoms with Crippen molar-refractivity contribution in [3.63, 3.8) is 0 Å². The van der Waals surface area contributed by atoms with Gasteiger partial charge in [-0.15, -0.1) is 0 Å². The fourth-order valence-corrected chi connectivity index (χ4v) is 2.93. The van der Waals surface area contributed by atoms with Crippen LogP contribution in [0, 0.1) is 23.2 Å². The molecule has 1 aliphatic rings. The quantitative estimate of drug-likeness (QED) is 0.514. The molecule has 1 saturated carbocycles. The summed E-state index contributed by atoms with van der Waals surface area (Å²) in [6, 6.07) is 15.8. The molecule has 0 spiro atoms. The van der Waals surface area contributed by atoms with Crippen molar-refractivity contribution in [2.75, 3.05) is 0 Å². The summed E-state index contributed by atoms with van der Waals surface area (Å²) in [5.74, 6) is -0.740. The molecule has 1 atom stereocenters. The number of benzene rings is 1. The van der Waals surface area contributed by atoms with Gasteiger partial charge in [0.15, 0.2) is 0 Å². The second-order valence-corrected chi connectivity index (χ2v) is 6.11. The van der Waals surface area contributed by atoms with Crippen LogP contribution < -0.4 is 5.32 Å². The number of pyridine rings is 1. The van der Waals surface area contributed by atoms with Crippen LogP contribution in [0.25, 0.3) is 6.08 Å². The van der Waals surface area contributed by atoms with E-state index in [0.29, 0.717) is 5.92 Å². The van der Waals surface area contributed by atoms with Gasteiger partial charge in [-0.2, -0.15) is 9.65 Å². The Morgan fingerprint density at radius 3 is 2.60 bits per heavy atom. The van der Waals surface area contributed by atoms with Gasteiger partial charge in [0, 0.05) is 0 Å². The Balaban J connectivity index is 1.81. The Morgan fingerprint density at radius 1 is 1.24 bits per heavy atom. The lowest BCUT2D eigenvalue weighted by Gasteiger charge is -2.34. The first-order chi connectivity index (χ1) is 12.2. The topological polar surface area (TPSA) is 65.8 Å². The molecule has 0 saturated heterocycles. The van der Waals surface area contributed by atoms with Crippen LogP contribution in [0.15, 0.2) is 54.1 Å². The van der Waals surface area contributed by atoms with Gasteiger partial charge in [-0.25, -0.2) is 4.98 Å². The van der Waals surface area contributed by atoms with Crippen LogP contribution >= 0.6 is 0 Å². The number of nitriles is 1. The third-order valence-corrected chi connectivity index (χ3v) is 4.46. The molecule has 25 heavy (non-hydrogen) atoms. The van der Waals surface area contributed by atoms with Crippen molar-refractivity contribution in [1.82, 2.24) is 10.3 Å². The monoisotopic (exact) mass is 335 g/mol. The van der Waals surface area contributed by atoms with E-state index < -0.39 is 11.9 Å². The number of carbonyl (C=O) groups is 1. The highest BCUT2D eigenvalue weighted by Gasteiger charge is 2.30. The standard InChI is InChI=1S/C20H18FN3O/c21-18-11-5-10-17(23-18)12-16(13-22)20(25)24-19(15-8-4-9-15)14-6-2-1-3-7-14/h1-3,5-7,10-12,15,19H,4,8-9H2,(H,24,25)/b16-12+/t19-/m1/s1. The average Bonchev–Trinajstić information content (AvgIpc) is 2.58. The fourth-order valence-electron chi connectivity index (χ4n) is 2.93. The van der Waals surface area contributed by atoms with E-state index in [-0.39, 0.29) is 17.3 Å². The molecule has 2 aromatic rings. The van der Waals surface area contributed by atoms with E-state index in [1.807, 2.05) is 36.4 Å². The van der Waals surface area contributed by atoms with Crippen LogP contribution in [-0.2, 0) is 4.79 Å². The largest absolute Gasteiger partial charge is 0.344 e. The van der Waals surface area contributed by atoms with Crippen LogP contribution in [-0.4, -0.2) is 10.9 Å². The van der Waals surface area contributed by atoms with Crippen LogP contribution in [0.5, 0.6) is 0 Å². The normalized spacial score (nSPS) is 15.8. The van der Waals surface area contributed by atoms with Crippen LogP contribution in [0.4, 0.5) is 4.39 Å². The van der Waals surface area contributed by atoms with E-state index in [1.165, 1.54) is 18.2 Å². The minimum absolute atomic E-state index is 0.0849. The number of hydrogen-bond donors (Lipinski definition) is 1. The van der Waals surface area contributed by atoms with Crippen molar-refractivity contribution < 1.29 is 9.18 Å². The number of aromatic nitrogens is 1. The van der Waals surface area contributed by atoms with E-state index in [2.05, 4.69) is 10.3 Å². The number of carbonyl (C=O) groups excluding carboxylic acids is 1. The van der Waals surface area contributed by atoms with Crippen LogP contribution in [0.3, 0.4) is 0 Å². The van der Waals surface area contributed by atoms with E-state index in [4.69, 9.17) is 0 Å². The summed E-state index contributed by atoms with van der Waals surface area (Å²) >= 11 is 0. The van der Waals surface area contributed by atoms with Gasteiger partial charge in [0.2, 0.25) is 5.95 Å². The lowest BCUT2D eigenvalue weighted by atomic mass is 9.77. The van der Waals surface area contributed by atoms with E-state index in [9.17, 15) is 14.4 Å². The van der Waals surface area contributed by atoms with E-state index in [0.717, 1.165) is 24.8 Å². The van der Waals surface area contributed by atoms with E-state index in [1.54, 1.807) is 6.07 Å². The van der Waals surface area contributed by atoms with E-state index >= 15 is 0 Å². The first-order valence-corrected chi connectivity index (χ1v) is 8.27. The summed E-state index contributed by atoms with van der Waals surface area (Å²) in [5.41, 5.74) is 1.19. The van der Waals surface area contributed by atoms with Crippen LogP contribution in [0.1, 0.15) is 36.6 Å². The van der Waals surface area contributed by atoms with Crippen molar-refractivity contribution >= 4 is 12.0 Å². The number of halogens is 1. The average molecular weight is 335 g/mol. The molecule has 4 nitrogen and oxygen atoms in total. The smallest absolute Gasteiger partial charge is 0.262 e. The van der Waals surface area contributed by atoms with Gasteiger partial charge in [0.25, 0.3) is 5.91 Å². The van der Waals surface area contributed by atoms with Gasteiger partial charge in [0.05, 0.1) is 11.7 Å². The summed E-state index contributed by atoms with van der Waals surface area (Å²) in [6.07, 6.45) is 4.56. The Labute approximate surface area is 146 Å². The maximum absolute atomic E-state index is 13.2. The summed E-state index contributed by atoms with van der Waals surface area (Å²) in [5, 5.41) is 12.3. The predicted molar refractivity (Wildman–Crippen MR) is 92.5 cm³/mol. The predicted octanol–water partition coefficient (Wildman–Crippen LogP) is 3.79. The molecule has 0 bridgehead atoms. The second-order valence-electron chi connectivity index (χ2n) is 6.11. The Kier molecular flexibility index (Phi) is 5.20. The molecule has 126 valence electrons. The van der Waals surface area contributed by atoms with Crippen molar-refractivity contribution in [2.24, 2.45) is 5.92 Å². The first kappa shape index (κ1) is 16.8. The van der Waals surface area contributed by atoms with Gasteiger partial charge in [-0.05, 0) is 42.5 Å². The second kappa shape index (κ2) is 7.71. The Morgan fingerprint density at radius 2 is 2.00 bits per heavy atom. The zero-order valence-corrected chi connectivity index (χ0v) is 13.7. The molecule has 1 aromatic carbocycles. The highest BCUT2D eigenvalue weighted by molar-refractivity contribution is 6.01. The Bertz CT molecular complexity index is 822. The zero-order valence-electron chi connectivity index (χ0n) is 13.7. The molecular weight excluding hydrogens is 317 g/mol. The van der Waals surface area contributed by atoms with Gasteiger partial charge in [0.1, 0.15) is 11.6 Å². The third kappa shape index (κ3) is 4.10. The molecule has 1 amide bonds. The molecule has 1 fully saturated rings. The molecule has 5 heteroatoms. The minimum atomic E-state index is -0.650. The summed E-state index contributed by atoms with van der Waals surface area (Å²) < 4.78 is 13.2. The molecule has 1 aliphatic carbocycles. The van der Waals surface area contributed by atoms with Crippen molar-refractivity contribution in [3.05, 3.63) is 71.3 Å². The van der Waals surface area contributed by atoms with Gasteiger partial charge in [-0.3, -0.25) is 4.79 Å². The maximum atomic E-state index is 13.2. The Hall–Kier alpha value is -3.00. The fraction of sp³-hybridized carbons (Fsp3) is 0.250. The number of hydrogen-bond acceptors (Lipinski definition) is 3. The highest BCUT2D eigenvalue weighted by atomic mass is 19.1. The number of nitrogens with zero attached hydrogens (tertiary/aromatic N) is 2. The maximum Gasteiger partial charge on any atom is 0.262 e. The van der Waals surface area contributed by atoms with Crippen LogP contribution in [0.2, 0.25) is 0 Å². The molecule has 1 heterocycles. The summed E-state index contributed by atoms with van der Waals surface area (Å²) in [6.45, 7) is 0. The lowest BCUT2D eigenvalue weighted by Crippen LogP contribution is -2.36. The highest BCUT2D eigenvalue weighted by Crippen LogP contribution is 2.37. The molecule has 3 rings (SSSR count). The molecule has 1 aromatic heterocycles. The molecule has 0 unspecified atom stereocenters. The zero-order chi connectivity index (χ0) is 17.6. The summed E-state index contributed by atoms with van der Waals surface area (Å²) in [4.78, 5) is 16.2. The van der Waals surface area contributed by atoms with Crippen molar-refractivity contribution in [1.29, 1.82) is 5.26 Å². The molecule has 1 N–H and O–H groups in total. The number of rotatable bonds is 5. The molecular formula is C20H18FN3O. The van der Waals surface area contributed by atoms with Crippen molar-refractivity contribution in [3.8, 4) is 6.07 Å².